The number of carbonyl (C=O) groups is 2. The van der Waals surface area contributed by atoms with Crippen LogP contribution in [0.2, 0.25) is 0 Å². The molecule has 4 rings (SSSR count). The number of aromatic hydroxyl groups is 2. The van der Waals surface area contributed by atoms with E-state index in [1.165, 1.54) is 6.07 Å². The number of rotatable bonds is 3. The van der Waals surface area contributed by atoms with E-state index < -0.39 is 33.7 Å². The molecule has 0 aliphatic heterocycles. The van der Waals surface area contributed by atoms with Gasteiger partial charge in [-0.15, -0.1) is 0 Å². The average molecular weight is 376 g/mol. The maximum absolute atomic E-state index is 13.1. The van der Waals surface area contributed by atoms with Crippen LogP contribution in [0.15, 0.2) is 54.6 Å². The number of nitrogens with zero attached hydrogens (tertiary/aromatic N) is 1. The lowest BCUT2D eigenvalue weighted by Gasteiger charge is -2.22. The highest BCUT2D eigenvalue weighted by atomic mass is 16.6. The Balaban J connectivity index is 2.01. The molecule has 0 amide bonds. The third-order valence-electron chi connectivity index (χ3n) is 4.51. The summed E-state index contributed by atoms with van der Waals surface area (Å²) in [4.78, 5) is 36.9. The first-order valence-corrected chi connectivity index (χ1v) is 8.18. The average Bonchev–Trinajstić information content (AvgIpc) is 2.68. The summed E-state index contributed by atoms with van der Waals surface area (Å²) in [5, 5.41) is 34.5. The van der Waals surface area contributed by atoms with Gasteiger partial charge in [-0.25, -0.2) is 0 Å². The number of carbonyl (C=O) groups excluding carboxylic acids is 2. The Morgan fingerprint density at radius 2 is 1.39 bits per heavy atom. The summed E-state index contributed by atoms with van der Waals surface area (Å²) < 4.78 is 0. The van der Waals surface area contributed by atoms with Crippen molar-refractivity contribution >= 4 is 28.6 Å². The van der Waals surface area contributed by atoms with Crippen LogP contribution in [-0.4, -0.2) is 26.7 Å². The molecule has 0 unspecified atom stereocenters. The molecular weight excluding hydrogens is 364 g/mol. The molecular formula is C20H12N2O6. The lowest BCUT2D eigenvalue weighted by Crippen LogP contribution is -2.23. The van der Waals surface area contributed by atoms with Crippen molar-refractivity contribution in [2.24, 2.45) is 0 Å². The summed E-state index contributed by atoms with van der Waals surface area (Å²) in [6.07, 6.45) is 0. The van der Waals surface area contributed by atoms with Gasteiger partial charge in [0, 0.05) is 17.3 Å². The minimum Gasteiger partial charge on any atom is -0.507 e. The third-order valence-corrected chi connectivity index (χ3v) is 4.51. The number of nitro groups is 1. The monoisotopic (exact) mass is 376 g/mol. The molecule has 1 aliphatic rings. The van der Waals surface area contributed by atoms with Crippen molar-refractivity contribution in [1.29, 1.82) is 0 Å². The highest BCUT2D eigenvalue weighted by Crippen LogP contribution is 2.43. The van der Waals surface area contributed by atoms with Gasteiger partial charge < -0.3 is 15.5 Å². The lowest BCUT2D eigenvalue weighted by atomic mass is 9.81. The van der Waals surface area contributed by atoms with Gasteiger partial charge in [-0.05, 0) is 30.3 Å². The van der Waals surface area contributed by atoms with E-state index in [0.717, 1.165) is 18.2 Å². The van der Waals surface area contributed by atoms with E-state index in [1.807, 2.05) is 0 Å². The predicted molar refractivity (Wildman–Crippen MR) is 99.5 cm³/mol. The molecule has 0 spiro atoms. The largest absolute Gasteiger partial charge is 0.507 e. The maximum atomic E-state index is 13.1. The Kier molecular flexibility index (Phi) is 3.82. The van der Waals surface area contributed by atoms with E-state index in [1.54, 1.807) is 30.3 Å². The number of nitrogens with one attached hydrogen (secondary N) is 1. The predicted octanol–water partition coefficient (Wildman–Crippen LogP) is 3.53. The number of ketones is 2. The van der Waals surface area contributed by atoms with Gasteiger partial charge >= 0.3 is 0 Å². The van der Waals surface area contributed by atoms with Gasteiger partial charge in [0.1, 0.15) is 17.2 Å². The second-order valence-corrected chi connectivity index (χ2v) is 6.14. The zero-order valence-electron chi connectivity index (χ0n) is 14.2. The molecule has 3 aromatic carbocycles. The van der Waals surface area contributed by atoms with Gasteiger partial charge in [-0.3, -0.25) is 19.7 Å². The first-order chi connectivity index (χ1) is 13.4. The number of benzene rings is 3. The molecule has 0 atom stereocenters. The van der Waals surface area contributed by atoms with Crippen LogP contribution in [0.25, 0.3) is 0 Å². The molecule has 8 heteroatoms. The summed E-state index contributed by atoms with van der Waals surface area (Å²) in [5.74, 6) is -2.44. The van der Waals surface area contributed by atoms with Crippen LogP contribution in [0.1, 0.15) is 31.8 Å². The molecule has 0 saturated carbocycles. The van der Waals surface area contributed by atoms with E-state index >= 15 is 0 Å². The molecule has 0 radical (unpaired) electrons. The Bertz CT molecular complexity index is 1170. The molecule has 0 aromatic heterocycles. The van der Waals surface area contributed by atoms with Gasteiger partial charge in [0.15, 0.2) is 5.78 Å². The van der Waals surface area contributed by atoms with E-state index in [0.29, 0.717) is 5.69 Å². The normalized spacial score (nSPS) is 12.3. The Labute approximate surface area is 157 Å². The van der Waals surface area contributed by atoms with Gasteiger partial charge in [0.25, 0.3) is 5.69 Å². The van der Waals surface area contributed by atoms with E-state index in [-0.39, 0.29) is 27.9 Å². The smallest absolute Gasteiger partial charge is 0.293 e. The quantitative estimate of drug-likeness (QED) is 0.283. The summed E-state index contributed by atoms with van der Waals surface area (Å²) in [7, 11) is 0. The highest BCUT2D eigenvalue weighted by Gasteiger charge is 2.38. The second-order valence-electron chi connectivity index (χ2n) is 6.14. The number of phenolic OH excluding ortho intramolecular Hbond substituents is 2. The van der Waals surface area contributed by atoms with Gasteiger partial charge in [-0.2, -0.15) is 0 Å². The second kappa shape index (κ2) is 6.20. The number of phenols is 2. The number of hydrogen-bond donors (Lipinski definition) is 3. The molecule has 0 fully saturated rings. The molecule has 8 nitrogen and oxygen atoms in total. The fraction of sp³-hybridized carbons (Fsp3) is 0. The van der Waals surface area contributed by atoms with Crippen LogP contribution < -0.4 is 5.32 Å². The number of para-hydroxylation sites is 1. The number of fused-ring (bicyclic) bond motifs is 2. The van der Waals surface area contributed by atoms with Crippen LogP contribution in [0, 0.1) is 10.1 Å². The SMILES string of the molecule is O=C1c2ccc([N+](=O)[O-])c(Nc3ccccc3)c2C(=O)c2c(O)ccc(O)c21. The van der Waals surface area contributed by atoms with Crippen molar-refractivity contribution in [3.8, 4) is 11.5 Å². The number of nitro benzene ring substituents is 1. The fourth-order valence-corrected chi connectivity index (χ4v) is 3.26. The molecule has 1 aliphatic carbocycles. The van der Waals surface area contributed by atoms with Crippen LogP contribution in [0.3, 0.4) is 0 Å². The first kappa shape index (κ1) is 17.2. The van der Waals surface area contributed by atoms with E-state index in [2.05, 4.69) is 5.32 Å². The van der Waals surface area contributed by atoms with Gasteiger partial charge in [0.2, 0.25) is 5.78 Å². The molecule has 3 N–H and O–H groups in total. The van der Waals surface area contributed by atoms with E-state index in [4.69, 9.17) is 0 Å². The Morgan fingerprint density at radius 1 is 0.786 bits per heavy atom. The van der Waals surface area contributed by atoms with Gasteiger partial charge in [-0.1, -0.05) is 18.2 Å². The number of anilines is 2. The van der Waals surface area contributed by atoms with Crippen molar-refractivity contribution in [2.45, 2.75) is 0 Å². The summed E-state index contributed by atoms with van der Waals surface area (Å²) in [6.45, 7) is 0. The molecule has 0 heterocycles. The topological polar surface area (TPSA) is 130 Å². The summed E-state index contributed by atoms with van der Waals surface area (Å²) in [5.41, 5.74) is -1.09. The zero-order valence-corrected chi connectivity index (χ0v) is 14.2. The van der Waals surface area contributed by atoms with Crippen molar-refractivity contribution < 1.29 is 24.7 Å². The summed E-state index contributed by atoms with van der Waals surface area (Å²) >= 11 is 0. The van der Waals surface area contributed by atoms with E-state index in [9.17, 15) is 29.9 Å². The fourth-order valence-electron chi connectivity index (χ4n) is 3.26. The molecule has 0 saturated heterocycles. The van der Waals surface area contributed by atoms with Crippen molar-refractivity contribution in [3.63, 3.8) is 0 Å². The zero-order chi connectivity index (χ0) is 20.0. The Morgan fingerprint density at radius 3 is 2.00 bits per heavy atom. The summed E-state index contributed by atoms with van der Waals surface area (Å²) in [6, 6.07) is 13.0. The standard InChI is InChI=1S/C20H12N2O6/c23-13-8-9-14(24)17-16(13)19(25)11-6-7-12(22(27)28)18(15(11)20(17)26)21-10-4-2-1-3-5-10/h1-9,21,23-24H. The van der Waals surface area contributed by atoms with Crippen molar-refractivity contribution in [2.75, 3.05) is 5.32 Å². The van der Waals surface area contributed by atoms with Crippen LogP contribution in [0.4, 0.5) is 17.1 Å². The Hall–Kier alpha value is -4.20. The van der Waals surface area contributed by atoms with Crippen LogP contribution in [0.5, 0.6) is 11.5 Å². The highest BCUT2D eigenvalue weighted by molar-refractivity contribution is 6.32. The third kappa shape index (κ3) is 2.47. The van der Waals surface area contributed by atoms with Gasteiger partial charge in [0.05, 0.1) is 21.6 Å². The van der Waals surface area contributed by atoms with Crippen molar-refractivity contribution in [3.05, 3.63) is 87.0 Å². The molecule has 3 aromatic rings. The minimum absolute atomic E-state index is 0.0950. The molecule has 138 valence electrons. The van der Waals surface area contributed by atoms with Crippen molar-refractivity contribution in [1.82, 2.24) is 0 Å². The minimum atomic E-state index is -0.792. The lowest BCUT2D eigenvalue weighted by molar-refractivity contribution is -0.383. The van der Waals surface area contributed by atoms with Crippen LogP contribution >= 0.6 is 0 Å². The molecule has 28 heavy (non-hydrogen) atoms. The first-order valence-electron chi connectivity index (χ1n) is 8.18. The molecule has 0 bridgehead atoms. The number of hydrogen-bond acceptors (Lipinski definition) is 7. The maximum Gasteiger partial charge on any atom is 0.293 e. The van der Waals surface area contributed by atoms with Crippen LogP contribution in [-0.2, 0) is 0 Å².